The van der Waals surface area contributed by atoms with Gasteiger partial charge in [-0.05, 0) is 0 Å². The van der Waals surface area contributed by atoms with E-state index >= 15 is 0 Å². The van der Waals surface area contributed by atoms with Crippen LogP contribution in [0.4, 0.5) is 0 Å². The van der Waals surface area contributed by atoms with Gasteiger partial charge in [0, 0.05) is 60.2 Å². The van der Waals surface area contributed by atoms with Gasteiger partial charge in [0.15, 0.2) is 0 Å². The van der Waals surface area contributed by atoms with Crippen molar-refractivity contribution in [3.8, 4) is 0 Å². The van der Waals surface area contributed by atoms with Crippen LogP contribution in [-0.2, 0) is 77.2 Å². The maximum absolute atomic E-state index is 8.52. The SMILES string of the molecule is O=S(=O)([O-])[O-].O=S(=O)([O-])[O-].O=S(=O)([O-])[O-].O=S(=O)([O-])[O-].[Fe+2].[NH4+].[V]. The van der Waals surface area contributed by atoms with Gasteiger partial charge >= 0.3 is 17.1 Å². The standard InChI is InChI=1S/Fe.H3N.4H2O4S.V/c;;4*1-5(2,3)4;/h;1H3;4*(H2,1,2,3,4);/q+2;;;;;;/p-7. The zero-order valence-electron chi connectivity index (χ0n) is 9.97. The van der Waals surface area contributed by atoms with Gasteiger partial charge < -0.3 is 42.6 Å². The number of hydrogen-bond acceptors (Lipinski definition) is 16. The van der Waals surface area contributed by atoms with E-state index in [0.29, 0.717) is 0 Å². The monoisotopic (exact) mass is 509 g/mol. The van der Waals surface area contributed by atoms with Crippen molar-refractivity contribution in [2.45, 2.75) is 0 Å². The average molecular weight is 509 g/mol. The van der Waals surface area contributed by atoms with Crippen LogP contribution in [0.1, 0.15) is 0 Å². The molecule has 1 radical (unpaired) electrons. The Morgan fingerprint density at radius 1 is 0.391 bits per heavy atom. The minimum absolute atomic E-state index is 0. The summed E-state index contributed by atoms with van der Waals surface area (Å²) < 4.78 is 136. The van der Waals surface area contributed by atoms with E-state index in [1.54, 1.807) is 0 Å². The molecule has 17 nitrogen and oxygen atoms in total. The Morgan fingerprint density at radius 2 is 0.391 bits per heavy atom. The molecular formula is H4FeNO16S4V-5. The van der Waals surface area contributed by atoms with E-state index in [-0.39, 0.29) is 41.8 Å². The van der Waals surface area contributed by atoms with E-state index in [0.717, 1.165) is 0 Å². The van der Waals surface area contributed by atoms with Crippen molar-refractivity contribution >= 4 is 41.6 Å². The topological polar surface area (TPSA) is 358 Å². The van der Waals surface area contributed by atoms with Gasteiger partial charge in [-0.3, -0.25) is 33.7 Å². The van der Waals surface area contributed by atoms with Crippen molar-refractivity contribution in [1.29, 1.82) is 0 Å². The molecule has 0 heterocycles. The Morgan fingerprint density at radius 3 is 0.391 bits per heavy atom. The van der Waals surface area contributed by atoms with Gasteiger partial charge in [-0.15, -0.1) is 0 Å². The molecular weight excluding hydrogens is 505 g/mol. The molecule has 147 valence electrons. The van der Waals surface area contributed by atoms with E-state index in [9.17, 15) is 0 Å². The molecule has 0 bridgehead atoms. The molecule has 0 spiro atoms. The summed E-state index contributed by atoms with van der Waals surface area (Å²) in [5.74, 6) is 0. The van der Waals surface area contributed by atoms with Crippen molar-refractivity contribution in [3.05, 3.63) is 0 Å². The van der Waals surface area contributed by atoms with Crippen molar-refractivity contribution in [3.63, 3.8) is 0 Å². The first-order valence-electron chi connectivity index (χ1n) is 2.67. The molecule has 0 aliphatic heterocycles. The summed E-state index contributed by atoms with van der Waals surface area (Å²) in [6.07, 6.45) is 0. The second kappa shape index (κ2) is 17.4. The second-order valence-electron chi connectivity index (χ2n) is 1.63. The molecule has 23 heavy (non-hydrogen) atoms. The minimum atomic E-state index is -5.17. The van der Waals surface area contributed by atoms with Crippen LogP contribution in [0.2, 0.25) is 0 Å². The number of hydrogen-bond donors (Lipinski definition) is 1. The van der Waals surface area contributed by atoms with Crippen LogP contribution in [0, 0.1) is 0 Å². The Balaban J connectivity index is -0.0000000284. The summed E-state index contributed by atoms with van der Waals surface area (Å²) >= 11 is 0. The third-order valence-corrected chi connectivity index (χ3v) is 0. The maximum atomic E-state index is 8.52. The maximum Gasteiger partial charge on any atom is 2.00 e. The Labute approximate surface area is 153 Å². The summed E-state index contributed by atoms with van der Waals surface area (Å²) in [4.78, 5) is 0. The van der Waals surface area contributed by atoms with Crippen LogP contribution >= 0.6 is 0 Å². The van der Waals surface area contributed by atoms with E-state index < -0.39 is 41.6 Å². The van der Waals surface area contributed by atoms with Crippen molar-refractivity contribution in [1.82, 2.24) is 6.15 Å². The Kier molecular flexibility index (Phi) is 33.0. The molecule has 0 saturated heterocycles. The van der Waals surface area contributed by atoms with Crippen molar-refractivity contribution in [2.75, 3.05) is 0 Å². The van der Waals surface area contributed by atoms with Crippen LogP contribution in [0.25, 0.3) is 0 Å². The molecule has 0 saturated carbocycles. The molecule has 0 aromatic heterocycles. The molecule has 0 amide bonds. The summed E-state index contributed by atoms with van der Waals surface area (Å²) in [5, 5.41) is 0. The summed E-state index contributed by atoms with van der Waals surface area (Å²) in [6.45, 7) is 0. The first-order chi connectivity index (χ1) is 8.00. The van der Waals surface area contributed by atoms with Gasteiger partial charge in [0.25, 0.3) is 0 Å². The molecule has 0 fully saturated rings. The van der Waals surface area contributed by atoms with E-state index in [1.165, 1.54) is 0 Å². The fourth-order valence-electron chi connectivity index (χ4n) is 0. The molecule has 0 atom stereocenters. The third kappa shape index (κ3) is 32200. The zero-order chi connectivity index (χ0) is 18.0. The molecule has 0 rings (SSSR count). The summed E-state index contributed by atoms with van der Waals surface area (Å²) in [7, 11) is -20.7. The first kappa shape index (κ1) is 43.7. The molecule has 0 aromatic carbocycles. The Hall–Kier alpha value is 0.544. The minimum Gasteiger partial charge on any atom is -0.759 e. The van der Waals surface area contributed by atoms with Gasteiger partial charge in [-0.2, -0.15) is 0 Å². The predicted molar refractivity (Wildman–Crippen MR) is 47.9 cm³/mol. The summed E-state index contributed by atoms with van der Waals surface area (Å²) in [5.41, 5.74) is 0. The predicted octanol–water partition coefficient (Wildman–Crippen LogP) is -4.98. The summed E-state index contributed by atoms with van der Waals surface area (Å²) in [6, 6.07) is 0. The van der Waals surface area contributed by atoms with Gasteiger partial charge in [0.05, 0.1) is 0 Å². The van der Waals surface area contributed by atoms with Crippen molar-refractivity contribution in [2.24, 2.45) is 0 Å². The van der Waals surface area contributed by atoms with Gasteiger partial charge in [-0.25, -0.2) is 0 Å². The fourth-order valence-corrected chi connectivity index (χ4v) is 0. The van der Waals surface area contributed by atoms with Crippen LogP contribution in [-0.4, -0.2) is 70.1 Å². The quantitative estimate of drug-likeness (QED) is 0.181. The molecule has 0 aliphatic rings. The normalized spacial score (nSPS) is 10.1. The van der Waals surface area contributed by atoms with E-state index in [2.05, 4.69) is 0 Å². The zero-order valence-corrected chi connectivity index (χ0v) is 15.7. The fraction of sp³-hybridized carbons (Fsp3) is 0. The molecule has 0 aliphatic carbocycles. The average Bonchev–Trinajstić information content (AvgIpc) is 1.62. The second-order valence-corrected chi connectivity index (χ2v) is 4.90. The Bertz CT molecular complexity index is 485. The molecule has 0 aromatic rings. The van der Waals surface area contributed by atoms with Gasteiger partial charge in [-0.1, -0.05) is 0 Å². The van der Waals surface area contributed by atoms with Crippen molar-refractivity contribution < 1.29 is 106 Å². The number of quaternary nitrogens is 1. The molecule has 4 N–H and O–H groups in total. The van der Waals surface area contributed by atoms with Crippen LogP contribution in [0.5, 0.6) is 0 Å². The first-order valence-corrected chi connectivity index (χ1v) is 8.00. The van der Waals surface area contributed by atoms with Crippen LogP contribution in [0.3, 0.4) is 0 Å². The van der Waals surface area contributed by atoms with Gasteiger partial charge in [0.2, 0.25) is 0 Å². The smallest absolute Gasteiger partial charge is 0.759 e. The van der Waals surface area contributed by atoms with Crippen LogP contribution in [0.15, 0.2) is 0 Å². The van der Waals surface area contributed by atoms with E-state index in [1.807, 2.05) is 0 Å². The molecule has 0 unspecified atom stereocenters. The van der Waals surface area contributed by atoms with Crippen LogP contribution < -0.4 is 6.15 Å². The largest absolute Gasteiger partial charge is 2.00 e. The van der Waals surface area contributed by atoms with E-state index in [4.69, 9.17) is 70.1 Å². The number of rotatable bonds is 0. The molecule has 23 heteroatoms. The third-order valence-electron chi connectivity index (χ3n) is 0. The van der Waals surface area contributed by atoms with Gasteiger partial charge in [0.1, 0.15) is 0 Å².